The average molecular weight is 270 g/mol. The average Bonchev–Trinajstić information content (AvgIpc) is 2.85. The number of nitrogens with zero attached hydrogens (tertiary/aromatic N) is 1. The summed E-state index contributed by atoms with van der Waals surface area (Å²) in [6, 6.07) is -0.939. The summed E-state index contributed by atoms with van der Waals surface area (Å²) in [6.07, 6.45) is 4.33. The second kappa shape index (κ2) is 6.23. The van der Waals surface area contributed by atoms with Gasteiger partial charge in [0.15, 0.2) is 0 Å². The Labute approximate surface area is 113 Å². The quantitative estimate of drug-likeness (QED) is 0.804. The van der Waals surface area contributed by atoms with Crippen molar-refractivity contribution in [1.82, 2.24) is 10.2 Å². The summed E-state index contributed by atoms with van der Waals surface area (Å²) in [6.45, 7) is 3.00. The molecule has 6 nitrogen and oxygen atoms in total. The lowest BCUT2D eigenvalue weighted by Gasteiger charge is -2.38. The van der Waals surface area contributed by atoms with Gasteiger partial charge in [-0.05, 0) is 25.7 Å². The van der Waals surface area contributed by atoms with Gasteiger partial charge in [0.1, 0.15) is 6.04 Å². The van der Waals surface area contributed by atoms with Crippen LogP contribution in [-0.4, -0.2) is 53.3 Å². The Morgan fingerprint density at radius 2 is 2.26 bits per heavy atom. The van der Waals surface area contributed by atoms with E-state index >= 15 is 0 Å². The van der Waals surface area contributed by atoms with E-state index < -0.39 is 12.0 Å². The smallest absolute Gasteiger partial charge is 0.326 e. The minimum absolute atomic E-state index is 0.116. The molecule has 2 unspecified atom stereocenters. The number of hydrogen-bond donors (Lipinski definition) is 2. The molecule has 2 N–H and O–H groups in total. The van der Waals surface area contributed by atoms with Crippen molar-refractivity contribution >= 4 is 12.0 Å². The van der Waals surface area contributed by atoms with Crippen molar-refractivity contribution in [2.45, 2.75) is 57.2 Å². The number of amides is 2. The number of hydrogen-bond acceptors (Lipinski definition) is 3. The van der Waals surface area contributed by atoms with Crippen molar-refractivity contribution < 1.29 is 19.4 Å². The predicted octanol–water partition coefficient (Wildman–Crippen LogP) is 1.20. The Kier molecular flexibility index (Phi) is 4.63. The molecule has 1 aliphatic carbocycles. The Morgan fingerprint density at radius 1 is 1.47 bits per heavy atom. The maximum Gasteiger partial charge on any atom is 0.326 e. The topological polar surface area (TPSA) is 78.9 Å². The van der Waals surface area contributed by atoms with Gasteiger partial charge in [0.2, 0.25) is 0 Å². The van der Waals surface area contributed by atoms with E-state index in [1.807, 2.05) is 6.92 Å². The van der Waals surface area contributed by atoms with E-state index in [0.717, 1.165) is 25.7 Å². The number of nitrogens with one attached hydrogen (secondary N) is 1. The predicted molar refractivity (Wildman–Crippen MR) is 68.9 cm³/mol. The molecule has 0 aromatic carbocycles. The van der Waals surface area contributed by atoms with Crippen molar-refractivity contribution in [3.05, 3.63) is 0 Å². The highest BCUT2D eigenvalue weighted by Crippen LogP contribution is 2.29. The van der Waals surface area contributed by atoms with E-state index in [4.69, 9.17) is 9.84 Å². The summed E-state index contributed by atoms with van der Waals surface area (Å²) in [5.74, 6) is -0.966. The fourth-order valence-corrected chi connectivity index (χ4v) is 2.96. The molecule has 0 spiro atoms. The van der Waals surface area contributed by atoms with Crippen LogP contribution in [-0.2, 0) is 9.53 Å². The third kappa shape index (κ3) is 3.18. The summed E-state index contributed by atoms with van der Waals surface area (Å²) in [5, 5.41) is 11.7. The standard InChI is InChI=1S/C13H22N2O4/c1-2-4-9(12(16)17)14-13(18)15-7-8-19-11-6-3-5-10(11)15/h9-11H,2-8H2,1H3,(H,14,18)(H,16,17)/t9-,10?,11?/m0/s1. The van der Waals surface area contributed by atoms with Crippen LogP contribution < -0.4 is 5.32 Å². The first-order valence-electron chi connectivity index (χ1n) is 7.05. The molecular weight excluding hydrogens is 248 g/mol. The molecule has 2 fully saturated rings. The molecule has 3 atom stereocenters. The van der Waals surface area contributed by atoms with Crippen molar-refractivity contribution in [3.63, 3.8) is 0 Å². The Morgan fingerprint density at radius 3 is 2.95 bits per heavy atom. The van der Waals surface area contributed by atoms with E-state index in [1.165, 1.54) is 0 Å². The van der Waals surface area contributed by atoms with Crippen LogP contribution in [0.25, 0.3) is 0 Å². The van der Waals surface area contributed by atoms with Crippen molar-refractivity contribution in [2.24, 2.45) is 0 Å². The molecule has 19 heavy (non-hydrogen) atoms. The lowest BCUT2D eigenvalue weighted by molar-refractivity contribution is -0.139. The minimum atomic E-state index is -0.966. The summed E-state index contributed by atoms with van der Waals surface area (Å²) in [5.41, 5.74) is 0. The number of carbonyl (C=O) groups excluding carboxylic acids is 1. The molecule has 1 saturated heterocycles. The zero-order valence-electron chi connectivity index (χ0n) is 11.3. The van der Waals surface area contributed by atoms with Gasteiger partial charge < -0.3 is 20.1 Å². The first-order valence-corrected chi connectivity index (χ1v) is 7.05. The van der Waals surface area contributed by atoms with Crippen molar-refractivity contribution in [2.75, 3.05) is 13.2 Å². The van der Waals surface area contributed by atoms with Gasteiger partial charge in [-0.15, -0.1) is 0 Å². The minimum Gasteiger partial charge on any atom is -0.480 e. The number of fused-ring (bicyclic) bond motifs is 1. The molecule has 0 bridgehead atoms. The van der Waals surface area contributed by atoms with Gasteiger partial charge in [0, 0.05) is 6.54 Å². The van der Waals surface area contributed by atoms with Crippen LogP contribution in [0.1, 0.15) is 39.0 Å². The second-order valence-electron chi connectivity index (χ2n) is 5.23. The molecular formula is C13H22N2O4. The van der Waals surface area contributed by atoms with Crippen LogP contribution >= 0.6 is 0 Å². The number of morpholine rings is 1. The van der Waals surface area contributed by atoms with Gasteiger partial charge in [0.05, 0.1) is 18.8 Å². The number of ether oxygens (including phenoxy) is 1. The zero-order chi connectivity index (χ0) is 13.8. The van der Waals surface area contributed by atoms with Crippen LogP contribution in [0.2, 0.25) is 0 Å². The molecule has 0 aromatic heterocycles. The van der Waals surface area contributed by atoms with E-state index in [9.17, 15) is 9.59 Å². The van der Waals surface area contributed by atoms with Gasteiger partial charge in [-0.2, -0.15) is 0 Å². The third-order valence-electron chi connectivity index (χ3n) is 3.92. The number of carboxylic acids is 1. The highest BCUT2D eigenvalue weighted by Gasteiger charge is 2.39. The summed E-state index contributed by atoms with van der Waals surface area (Å²) >= 11 is 0. The van der Waals surface area contributed by atoms with Crippen LogP contribution in [0.3, 0.4) is 0 Å². The number of urea groups is 1. The monoisotopic (exact) mass is 270 g/mol. The SMILES string of the molecule is CCC[C@H](NC(=O)N1CCOC2CCCC21)C(=O)O. The molecule has 1 saturated carbocycles. The number of carboxylic acid groups (broad SMARTS) is 1. The third-order valence-corrected chi connectivity index (χ3v) is 3.92. The molecule has 0 aromatic rings. The van der Waals surface area contributed by atoms with E-state index in [-0.39, 0.29) is 18.2 Å². The Hall–Kier alpha value is -1.30. The molecule has 1 heterocycles. The number of rotatable bonds is 4. The molecule has 0 radical (unpaired) electrons. The van der Waals surface area contributed by atoms with E-state index in [2.05, 4.69) is 5.32 Å². The van der Waals surface area contributed by atoms with Crippen LogP contribution in [0.4, 0.5) is 4.79 Å². The number of carbonyl (C=O) groups is 2. The van der Waals surface area contributed by atoms with Crippen molar-refractivity contribution in [1.29, 1.82) is 0 Å². The summed E-state index contributed by atoms with van der Waals surface area (Å²) in [7, 11) is 0. The lowest BCUT2D eigenvalue weighted by atomic mass is 10.1. The van der Waals surface area contributed by atoms with Crippen LogP contribution in [0.5, 0.6) is 0 Å². The largest absolute Gasteiger partial charge is 0.480 e. The molecule has 2 amide bonds. The highest BCUT2D eigenvalue weighted by atomic mass is 16.5. The van der Waals surface area contributed by atoms with Gasteiger partial charge in [-0.1, -0.05) is 13.3 Å². The molecule has 2 rings (SSSR count). The molecule has 1 aliphatic heterocycles. The van der Waals surface area contributed by atoms with E-state index in [0.29, 0.717) is 19.6 Å². The molecule has 6 heteroatoms. The second-order valence-corrected chi connectivity index (χ2v) is 5.23. The van der Waals surface area contributed by atoms with Crippen LogP contribution in [0, 0.1) is 0 Å². The van der Waals surface area contributed by atoms with Crippen molar-refractivity contribution in [3.8, 4) is 0 Å². The Balaban J connectivity index is 1.96. The fourth-order valence-electron chi connectivity index (χ4n) is 2.96. The summed E-state index contributed by atoms with van der Waals surface area (Å²) < 4.78 is 5.64. The van der Waals surface area contributed by atoms with E-state index in [1.54, 1.807) is 4.90 Å². The Bertz CT molecular complexity index is 348. The number of aliphatic carboxylic acids is 1. The van der Waals surface area contributed by atoms with Gasteiger partial charge in [-0.3, -0.25) is 0 Å². The zero-order valence-corrected chi connectivity index (χ0v) is 11.3. The van der Waals surface area contributed by atoms with Gasteiger partial charge >= 0.3 is 12.0 Å². The maximum absolute atomic E-state index is 12.2. The van der Waals surface area contributed by atoms with Crippen LogP contribution in [0.15, 0.2) is 0 Å². The highest BCUT2D eigenvalue weighted by molar-refractivity contribution is 5.82. The maximum atomic E-state index is 12.2. The fraction of sp³-hybridized carbons (Fsp3) is 0.846. The lowest BCUT2D eigenvalue weighted by Crippen LogP contribution is -2.57. The first-order chi connectivity index (χ1) is 9.13. The summed E-state index contributed by atoms with van der Waals surface area (Å²) in [4.78, 5) is 25.1. The molecule has 2 aliphatic rings. The van der Waals surface area contributed by atoms with Gasteiger partial charge in [-0.25, -0.2) is 9.59 Å². The van der Waals surface area contributed by atoms with Gasteiger partial charge in [0.25, 0.3) is 0 Å². The normalized spacial score (nSPS) is 27.7. The molecule has 108 valence electrons. The first kappa shape index (κ1) is 14.1.